The first kappa shape index (κ1) is 17.5. The molecule has 1 fully saturated rings. The maximum atomic E-state index is 12.5. The van der Waals surface area contributed by atoms with E-state index in [1.165, 1.54) is 19.3 Å². The minimum absolute atomic E-state index is 0.307. The Kier molecular flexibility index (Phi) is 5.74. The SMILES string of the molecule is CCOC(=O)c1nc(OCC)n(C2CCCCC2)c1-c1ccccc1. The molecule has 25 heavy (non-hydrogen) atoms. The molecule has 1 aromatic heterocycles. The van der Waals surface area contributed by atoms with Gasteiger partial charge in [-0.2, -0.15) is 4.98 Å². The lowest BCUT2D eigenvalue weighted by molar-refractivity contribution is 0.0520. The standard InChI is InChI=1S/C20H26N2O3/c1-3-24-19(23)17-18(15-11-7-5-8-12-15)22(20(21-17)25-4-2)16-13-9-6-10-14-16/h5,7-8,11-12,16H,3-4,6,9-10,13-14H2,1-2H3. The van der Waals surface area contributed by atoms with Crippen molar-refractivity contribution in [1.29, 1.82) is 0 Å². The second-order valence-corrected chi connectivity index (χ2v) is 6.27. The average molecular weight is 342 g/mol. The van der Waals surface area contributed by atoms with E-state index in [9.17, 15) is 4.79 Å². The van der Waals surface area contributed by atoms with Gasteiger partial charge in [0.1, 0.15) is 0 Å². The van der Waals surface area contributed by atoms with Crippen molar-refractivity contribution < 1.29 is 14.3 Å². The van der Waals surface area contributed by atoms with Gasteiger partial charge in [0.05, 0.1) is 18.9 Å². The van der Waals surface area contributed by atoms with Crippen LogP contribution in [0.1, 0.15) is 62.5 Å². The molecule has 3 rings (SSSR count). The number of benzene rings is 1. The minimum Gasteiger partial charge on any atom is -0.465 e. The number of hydrogen-bond acceptors (Lipinski definition) is 4. The molecule has 1 aromatic carbocycles. The van der Waals surface area contributed by atoms with Crippen molar-refractivity contribution in [2.24, 2.45) is 0 Å². The predicted octanol–water partition coefficient (Wildman–Crippen LogP) is 4.63. The summed E-state index contributed by atoms with van der Waals surface area (Å²) in [6, 6.07) is 10.8. The van der Waals surface area contributed by atoms with Crippen LogP contribution in [-0.2, 0) is 4.74 Å². The lowest BCUT2D eigenvalue weighted by atomic mass is 9.94. The summed E-state index contributed by atoms with van der Waals surface area (Å²) in [6.45, 7) is 4.58. The third-order valence-corrected chi connectivity index (χ3v) is 4.61. The molecule has 0 radical (unpaired) electrons. The molecule has 1 aliphatic rings. The quantitative estimate of drug-likeness (QED) is 0.718. The number of imidazole rings is 1. The number of aromatic nitrogens is 2. The first-order valence-electron chi connectivity index (χ1n) is 9.23. The second kappa shape index (κ2) is 8.19. The highest BCUT2D eigenvalue weighted by Gasteiger charge is 2.30. The van der Waals surface area contributed by atoms with E-state index < -0.39 is 5.97 Å². The monoisotopic (exact) mass is 342 g/mol. The van der Waals surface area contributed by atoms with E-state index >= 15 is 0 Å². The van der Waals surface area contributed by atoms with Crippen molar-refractivity contribution >= 4 is 5.97 Å². The zero-order chi connectivity index (χ0) is 17.6. The third kappa shape index (κ3) is 3.70. The van der Waals surface area contributed by atoms with Crippen LogP contribution in [0, 0.1) is 0 Å². The van der Waals surface area contributed by atoms with Crippen LogP contribution in [0.2, 0.25) is 0 Å². The van der Waals surface area contributed by atoms with Crippen molar-refractivity contribution in [3.63, 3.8) is 0 Å². The Morgan fingerprint density at radius 2 is 1.84 bits per heavy atom. The van der Waals surface area contributed by atoms with Gasteiger partial charge in [0.2, 0.25) is 0 Å². The first-order valence-corrected chi connectivity index (χ1v) is 9.23. The molecule has 0 N–H and O–H groups in total. The van der Waals surface area contributed by atoms with Gasteiger partial charge >= 0.3 is 5.97 Å². The number of ether oxygens (including phenoxy) is 2. The molecule has 0 amide bonds. The van der Waals surface area contributed by atoms with Crippen molar-refractivity contribution in [2.75, 3.05) is 13.2 Å². The average Bonchev–Trinajstić information content (AvgIpc) is 3.03. The van der Waals surface area contributed by atoms with Crippen LogP contribution in [0.4, 0.5) is 0 Å². The zero-order valence-electron chi connectivity index (χ0n) is 15.0. The van der Waals surface area contributed by atoms with Gasteiger partial charge in [-0.15, -0.1) is 0 Å². The molecule has 0 bridgehead atoms. The lowest BCUT2D eigenvalue weighted by Gasteiger charge is -2.26. The molecule has 1 heterocycles. The molecule has 1 saturated carbocycles. The van der Waals surface area contributed by atoms with Gasteiger partial charge in [-0.1, -0.05) is 49.6 Å². The summed E-state index contributed by atoms with van der Waals surface area (Å²) in [5.74, 6) is -0.392. The normalized spacial score (nSPS) is 15.1. The van der Waals surface area contributed by atoms with Crippen LogP contribution in [0.3, 0.4) is 0 Å². The Hall–Kier alpha value is -2.30. The highest BCUT2D eigenvalue weighted by molar-refractivity contribution is 5.95. The van der Waals surface area contributed by atoms with E-state index in [1.54, 1.807) is 0 Å². The van der Waals surface area contributed by atoms with Crippen molar-refractivity contribution in [2.45, 2.75) is 52.0 Å². The Morgan fingerprint density at radius 1 is 1.12 bits per heavy atom. The Bertz CT molecular complexity index is 703. The predicted molar refractivity (Wildman–Crippen MR) is 96.9 cm³/mol. The Labute approximate surface area is 149 Å². The molecular weight excluding hydrogens is 316 g/mol. The molecule has 5 nitrogen and oxygen atoms in total. The van der Waals surface area contributed by atoms with Crippen LogP contribution in [0.5, 0.6) is 6.01 Å². The van der Waals surface area contributed by atoms with E-state index in [0.29, 0.717) is 31.0 Å². The highest BCUT2D eigenvalue weighted by atomic mass is 16.5. The van der Waals surface area contributed by atoms with Crippen LogP contribution >= 0.6 is 0 Å². The molecule has 134 valence electrons. The van der Waals surface area contributed by atoms with E-state index in [1.807, 2.05) is 44.2 Å². The van der Waals surface area contributed by atoms with E-state index in [2.05, 4.69) is 9.55 Å². The summed E-state index contributed by atoms with van der Waals surface area (Å²) < 4.78 is 13.2. The number of rotatable bonds is 6. The number of esters is 1. The summed E-state index contributed by atoms with van der Waals surface area (Å²) in [5, 5.41) is 0. The summed E-state index contributed by atoms with van der Waals surface area (Å²) in [6.07, 6.45) is 5.81. The largest absolute Gasteiger partial charge is 0.465 e. The van der Waals surface area contributed by atoms with Gasteiger partial charge in [-0.3, -0.25) is 4.57 Å². The van der Waals surface area contributed by atoms with E-state index in [-0.39, 0.29) is 0 Å². The van der Waals surface area contributed by atoms with E-state index in [4.69, 9.17) is 9.47 Å². The van der Waals surface area contributed by atoms with Gasteiger partial charge in [-0.25, -0.2) is 4.79 Å². The lowest BCUT2D eigenvalue weighted by Crippen LogP contribution is -2.16. The molecule has 1 aliphatic carbocycles. The summed E-state index contributed by atoms with van der Waals surface area (Å²) >= 11 is 0. The number of nitrogens with zero attached hydrogens (tertiary/aromatic N) is 2. The highest BCUT2D eigenvalue weighted by Crippen LogP contribution is 2.38. The van der Waals surface area contributed by atoms with Gasteiger partial charge in [0.25, 0.3) is 6.01 Å². The topological polar surface area (TPSA) is 53.4 Å². The molecule has 0 unspecified atom stereocenters. The van der Waals surface area contributed by atoms with Gasteiger partial charge in [-0.05, 0) is 26.7 Å². The van der Waals surface area contributed by atoms with Crippen molar-refractivity contribution in [1.82, 2.24) is 9.55 Å². The van der Waals surface area contributed by atoms with E-state index in [0.717, 1.165) is 24.1 Å². The fourth-order valence-corrected chi connectivity index (χ4v) is 3.53. The maximum Gasteiger partial charge on any atom is 0.359 e. The van der Waals surface area contributed by atoms with Crippen LogP contribution in [0.25, 0.3) is 11.3 Å². The molecule has 0 aliphatic heterocycles. The van der Waals surface area contributed by atoms with Crippen molar-refractivity contribution in [3.8, 4) is 17.3 Å². The minimum atomic E-state index is -0.392. The summed E-state index contributed by atoms with van der Waals surface area (Å²) in [5.41, 5.74) is 2.13. The first-order chi connectivity index (χ1) is 12.3. The summed E-state index contributed by atoms with van der Waals surface area (Å²) in [7, 11) is 0. The summed E-state index contributed by atoms with van der Waals surface area (Å²) in [4.78, 5) is 17.1. The number of hydrogen-bond donors (Lipinski definition) is 0. The van der Waals surface area contributed by atoms with Gasteiger partial charge < -0.3 is 9.47 Å². The second-order valence-electron chi connectivity index (χ2n) is 6.27. The fraction of sp³-hybridized carbons (Fsp3) is 0.500. The Morgan fingerprint density at radius 3 is 2.48 bits per heavy atom. The van der Waals surface area contributed by atoms with Gasteiger partial charge in [0, 0.05) is 11.6 Å². The maximum absolute atomic E-state index is 12.5. The molecular formula is C20H26N2O3. The van der Waals surface area contributed by atoms with Gasteiger partial charge in [0.15, 0.2) is 5.69 Å². The Balaban J connectivity index is 2.16. The molecule has 2 aromatic rings. The third-order valence-electron chi connectivity index (χ3n) is 4.61. The van der Waals surface area contributed by atoms with Crippen LogP contribution < -0.4 is 4.74 Å². The van der Waals surface area contributed by atoms with Crippen LogP contribution in [-0.4, -0.2) is 28.7 Å². The molecule has 5 heteroatoms. The number of carbonyl (C=O) groups is 1. The zero-order valence-corrected chi connectivity index (χ0v) is 15.0. The smallest absolute Gasteiger partial charge is 0.359 e. The number of carbonyl (C=O) groups excluding carboxylic acids is 1. The van der Waals surface area contributed by atoms with Crippen LogP contribution in [0.15, 0.2) is 30.3 Å². The molecule has 0 atom stereocenters. The fourth-order valence-electron chi connectivity index (χ4n) is 3.53. The molecule has 0 saturated heterocycles. The van der Waals surface area contributed by atoms with Crippen molar-refractivity contribution in [3.05, 3.63) is 36.0 Å². The molecule has 0 spiro atoms.